The summed E-state index contributed by atoms with van der Waals surface area (Å²) in [6.07, 6.45) is 11.9. The van der Waals surface area contributed by atoms with E-state index < -0.39 is 5.60 Å². The van der Waals surface area contributed by atoms with Crippen molar-refractivity contribution < 1.29 is 19.1 Å². The van der Waals surface area contributed by atoms with Gasteiger partial charge in [0.15, 0.2) is 5.78 Å². The molecule has 2 heterocycles. The summed E-state index contributed by atoms with van der Waals surface area (Å²) in [5.41, 5.74) is 4.43. The number of alkyl carbamates (subject to hydrolysis) is 1. The molecule has 9 atom stereocenters. The van der Waals surface area contributed by atoms with Crippen LogP contribution in [0.4, 0.5) is 4.79 Å². The minimum absolute atomic E-state index is 0.0892. The summed E-state index contributed by atoms with van der Waals surface area (Å²) >= 11 is 0. The Labute approximate surface area is 248 Å². The van der Waals surface area contributed by atoms with E-state index in [1.54, 1.807) is 11.1 Å². The van der Waals surface area contributed by atoms with E-state index in [9.17, 15) is 9.59 Å². The number of rotatable bonds is 3. The number of hydrogen-bond donors (Lipinski definition) is 1. The minimum atomic E-state index is -0.483. The average Bonchev–Trinajstić information content (AvgIpc) is 3.33. The molecule has 1 spiro atoms. The molecular weight excluding hydrogens is 512 g/mol. The first-order valence-electron chi connectivity index (χ1n) is 16.6. The van der Waals surface area contributed by atoms with Crippen molar-refractivity contribution in [2.45, 2.75) is 130 Å². The molecule has 6 aliphatic rings. The van der Waals surface area contributed by atoms with E-state index in [2.05, 4.69) is 37.9 Å². The molecule has 0 aromatic carbocycles. The highest BCUT2D eigenvalue weighted by molar-refractivity contribution is 5.91. The second kappa shape index (κ2) is 10.5. The number of nitrogens with zero attached hydrogens (tertiary/aromatic N) is 1. The number of carbonyl (C=O) groups is 2. The van der Waals surface area contributed by atoms with Crippen LogP contribution in [-0.4, -0.2) is 59.8 Å². The summed E-state index contributed by atoms with van der Waals surface area (Å²) in [6, 6.07) is 0.399. The summed E-state index contributed by atoms with van der Waals surface area (Å²) in [6.45, 7) is 17.9. The molecular formula is C35H54N2O4. The van der Waals surface area contributed by atoms with E-state index >= 15 is 0 Å². The maximum atomic E-state index is 12.3. The van der Waals surface area contributed by atoms with Crippen LogP contribution in [0.25, 0.3) is 0 Å². The molecule has 4 fully saturated rings. The Bertz CT molecular complexity index is 1140. The van der Waals surface area contributed by atoms with Gasteiger partial charge in [-0.05, 0) is 114 Å². The number of piperidine rings is 1. The van der Waals surface area contributed by atoms with Crippen molar-refractivity contribution in [3.05, 3.63) is 22.8 Å². The van der Waals surface area contributed by atoms with Gasteiger partial charge in [0.05, 0.1) is 11.7 Å². The molecule has 4 aliphatic carbocycles. The van der Waals surface area contributed by atoms with Crippen LogP contribution in [0.2, 0.25) is 0 Å². The molecule has 41 heavy (non-hydrogen) atoms. The third-order valence-corrected chi connectivity index (χ3v) is 12.2. The first-order valence-corrected chi connectivity index (χ1v) is 16.6. The Kier molecular flexibility index (Phi) is 7.54. The van der Waals surface area contributed by atoms with Gasteiger partial charge in [-0.15, -0.1) is 0 Å². The third-order valence-electron chi connectivity index (χ3n) is 12.2. The zero-order valence-corrected chi connectivity index (χ0v) is 26.7. The van der Waals surface area contributed by atoms with E-state index in [1.807, 2.05) is 26.8 Å². The van der Waals surface area contributed by atoms with Gasteiger partial charge in [-0.25, -0.2) is 4.79 Å². The van der Waals surface area contributed by atoms with Crippen molar-refractivity contribution in [3.63, 3.8) is 0 Å². The molecule has 6 nitrogen and oxygen atoms in total. The smallest absolute Gasteiger partial charge is 0.407 e. The highest BCUT2D eigenvalue weighted by Gasteiger charge is 2.59. The van der Waals surface area contributed by atoms with Crippen LogP contribution in [-0.2, 0) is 14.3 Å². The van der Waals surface area contributed by atoms with Gasteiger partial charge in [-0.2, -0.15) is 0 Å². The minimum Gasteiger partial charge on any atom is -0.444 e. The van der Waals surface area contributed by atoms with Crippen molar-refractivity contribution in [1.82, 2.24) is 10.2 Å². The Morgan fingerprint density at radius 3 is 2.73 bits per heavy atom. The van der Waals surface area contributed by atoms with Gasteiger partial charge < -0.3 is 14.8 Å². The predicted molar refractivity (Wildman–Crippen MR) is 161 cm³/mol. The number of fused-ring (bicyclic) bond motifs is 6. The molecule has 1 amide bonds. The number of likely N-dealkylation sites (tertiary alicyclic amines) is 1. The molecule has 0 bridgehead atoms. The zero-order chi connectivity index (χ0) is 29.3. The highest BCUT2D eigenvalue weighted by Crippen LogP contribution is 2.64. The van der Waals surface area contributed by atoms with E-state index in [0.29, 0.717) is 42.0 Å². The fourth-order valence-electron chi connectivity index (χ4n) is 10.4. The van der Waals surface area contributed by atoms with Crippen LogP contribution in [0.15, 0.2) is 22.8 Å². The van der Waals surface area contributed by atoms with Gasteiger partial charge in [0.1, 0.15) is 5.60 Å². The van der Waals surface area contributed by atoms with Gasteiger partial charge in [0.25, 0.3) is 0 Å². The lowest BCUT2D eigenvalue weighted by molar-refractivity contribution is -0.116. The Morgan fingerprint density at radius 1 is 1.20 bits per heavy atom. The normalized spacial score (nSPS) is 42.7. The summed E-state index contributed by atoms with van der Waals surface area (Å²) in [5, 5.41) is 2.99. The van der Waals surface area contributed by atoms with Crippen LogP contribution < -0.4 is 5.32 Å². The molecule has 1 N–H and O–H groups in total. The Morgan fingerprint density at radius 2 is 1.98 bits per heavy atom. The maximum Gasteiger partial charge on any atom is 0.407 e. The Hall–Kier alpha value is -1.66. The van der Waals surface area contributed by atoms with Crippen LogP contribution in [0.5, 0.6) is 0 Å². The molecule has 6 rings (SSSR count). The van der Waals surface area contributed by atoms with Gasteiger partial charge in [-0.3, -0.25) is 9.69 Å². The number of ketones is 1. The van der Waals surface area contributed by atoms with Crippen molar-refractivity contribution in [3.8, 4) is 0 Å². The summed E-state index contributed by atoms with van der Waals surface area (Å²) in [4.78, 5) is 27.1. The predicted octanol–water partition coefficient (Wildman–Crippen LogP) is 6.84. The molecule has 0 radical (unpaired) electrons. The molecule has 0 unspecified atom stereocenters. The fourth-order valence-corrected chi connectivity index (χ4v) is 10.4. The van der Waals surface area contributed by atoms with Gasteiger partial charge in [0.2, 0.25) is 0 Å². The zero-order valence-electron chi connectivity index (χ0n) is 26.7. The SMILES string of the molecule is CC1=C2C[C@H]3[C@@H](CCC4=CC(=O)CC[C@@]43C)[C@@H]2CC[C@@]2(C1)O[C@@H]1C[C@H](C)CN(CCNC(=O)OC(C)(C)C)[C@H]1[C@H]2C. The van der Waals surface area contributed by atoms with Crippen molar-refractivity contribution in [2.75, 3.05) is 19.6 Å². The lowest BCUT2D eigenvalue weighted by Gasteiger charge is -2.48. The summed E-state index contributed by atoms with van der Waals surface area (Å²) in [7, 11) is 0. The fraction of sp³-hybridized carbons (Fsp3) is 0.829. The molecule has 0 aromatic heterocycles. The molecule has 2 aliphatic heterocycles. The van der Waals surface area contributed by atoms with Gasteiger partial charge in [0, 0.05) is 38.0 Å². The average molecular weight is 567 g/mol. The van der Waals surface area contributed by atoms with Crippen molar-refractivity contribution in [2.24, 2.45) is 35.0 Å². The van der Waals surface area contributed by atoms with Crippen LogP contribution in [0.1, 0.15) is 106 Å². The molecule has 0 aromatic rings. The number of ether oxygens (including phenoxy) is 2. The maximum absolute atomic E-state index is 12.3. The first-order chi connectivity index (χ1) is 19.3. The van der Waals surface area contributed by atoms with Gasteiger partial charge >= 0.3 is 6.09 Å². The monoisotopic (exact) mass is 566 g/mol. The van der Waals surface area contributed by atoms with Crippen molar-refractivity contribution in [1.29, 1.82) is 0 Å². The number of carbonyl (C=O) groups excluding carboxylic acids is 2. The van der Waals surface area contributed by atoms with E-state index in [-0.39, 0.29) is 23.2 Å². The van der Waals surface area contributed by atoms with Crippen LogP contribution in [0.3, 0.4) is 0 Å². The first kappa shape index (κ1) is 29.4. The highest BCUT2D eigenvalue weighted by atomic mass is 16.6. The Balaban J connectivity index is 1.18. The number of hydrogen-bond acceptors (Lipinski definition) is 5. The summed E-state index contributed by atoms with van der Waals surface area (Å²) < 4.78 is 12.7. The van der Waals surface area contributed by atoms with Crippen LogP contribution >= 0.6 is 0 Å². The molecule has 6 heteroatoms. The lowest BCUT2D eigenvalue weighted by Crippen LogP contribution is -2.53. The second-order valence-electron chi connectivity index (χ2n) is 16.0. The van der Waals surface area contributed by atoms with E-state index in [4.69, 9.17) is 9.47 Å². The second-order valence-corrected chi connectivity index (χ2v) is 16.0. The van der Waals surface area contributed by atoms with Crippen LogP contribution in [0, 0.1) is 35.0 Å². The van der Waals surface area contributed by atoms with E-state index in [0.717, 1.165) is 57.5 Å². The number of nitrogens with one attached hydrogen (secondary N) is 1. The topological polar surface area (TPSA) is 67.9 Å². The molecule has 228 valence electrons. The standard InChI is InChI=1S/C35H54N2O4/c1-21-16-30-31(37(20-21)15-14-36-32(39)41-33(4,5)6)23(3)35(40-30)13-11-26-27-9-8-24-17-25(38)10-12-34(24,7)29(27)18-28(26)22(2)19-35/h17,21,23,26-27,29-31H,8-16,18-20H2,1-7H3,(H,36,39)/t21-,23+,26-,27-,29-,30+,31-,34-,35-/m0/s1. The molecule has 2 saturated heterocycles. The van der Waals surface area contributed by atoms with E-state index in [1.165, 1.54) is 24.8 Å². The van der Waals surface area contributed by atoms with Gasteiger partial charge in [-0.1, -0.05) is 37.5 Å². The van der Waals surface area contributed by atoms with Crippen molar-refractivity contribution >= 4 is 11.9 Å². The molecule has 2 saturated carbocycles. The largest absolute Gasteiger partial charge is 0.444 e. The quantitative estimate of drug-likeness (QED) is 0.379. The lowest BCUT2D eigenvalue weighted by atomic mass is 9.56. The summed E-state index contributed by atoms with van der Waals surface area (Å²) in [5.74, 6) is 3.51. The number of allylic oxidation sites excluding steroid dienone is 3. The number of amides is 1. The third kappa shape index (κ3) is 5.24.